The van der Waals surface area contributed by atoms with Crippen LogP contribution in [0, 0.1) is 5.92 Å². The Hall–Kier alpha value is -1.35. The second-order valence-corrected chi connectivity index (χ2v) is 4.66. The normalized spacial score (nSPS) is 19.9. The van der Waals surface area contributed by atoms with E-state index in [-0.39, 0.29) is 12.5 Å². The van der Waals surface area contributed by atoms with Crippen LogP contribution in [0.2, 0.25) is 0 Å². The molecule has 1 atom stereocenters. The van der Waals surface area contributed by atoms with Gasteiger partial charge in [-0.05, 0) is 24.3 Å². The van der Waals surface area contributed by atoms with Gasteiger partial charge in [-0.2, -0.15) is 0 Å². The van der Waals surface area contributed by atoms with Gasteiger partial charge in [0.15, 0.2) is 0 Å². The van der Waals surface area contributed by atoms with Crippen molar-refractivity contribution in [2.24, 2.45) is 5.92 Å². The summed E-state index contributed by atoms with van der Waals surface area (Å²) in [5.41, 5.74) is 1.27. The van der Waals surface area contributed by atoms with Gasteiger partial charge in [0.2, 0.25) is 5.91 Å². The monoisotopic (exact) mass is 233 g/mol. The highest BCUT2D eigenvalue weighted by Gasteiger charge is 2.28. The molecular formula is C14H19NO2. The number of aliphatic hydroxyl groups is 1. The lowest BCUT2D eigenvalue weighted by Gasteiger charge is -2.16. The minimum atomic E-state index is 0.185. The van der Waals surface area contributed by atoms with E-state index in [4.69, 9.17) is 5.11 Å². The van der Waals surface area contributed by atoms with Crippen molar-refractivity contribution in [3.05, 3.63) is 35.9 Å². The molecule has 1 fully saturated rings. The molecule has 92 valence electrons. The van der Waals surface area contributed by atoms with Crippen molar-refractivity contribution >= 4 is 5.91 Å². The molecule has 0 aromatic heterocycles. The summed E-state index contributed by atoms with van der Waals surface area (Å²) in [6, 6.07) is 10.2. The van der Waals surface area contributed by atoms with Gasteiger partial charge in [-0.25, -0.2) is 0 Å². The van der Waals surface area contributed by atoms with Gasteiger partial charge in [-0.3, -0.25) is 4.79 Å². The summed E-state index contributed by atoms with van der Waals surface area (Å²) in [6.45, 7) is 1.79. The average Bonchev–Trinajstić information content (AvgIpc) is 2.69. The Morgan fingerprint density at radius 3 is 2.76 bits per heavy atom. The smallest absolute Gasteiger partial charge is 0.222 e. The molecule has 1 aromatic rings. The maximum absolute atomic E-state index is 11.7. The number of hydrogen-bond acceptors (Lipinski definition) is 2. The topological polar surface area (TPSA) is 40.5 Å². The van der Waals surface area contributed by atoms with Crippen molar-refractivity contribution in [2.45, 2.75) is 19.3 Å². The molecular weight excluding hydrogens is 214 g/mol. The van der Waals surface area contributed by atoms with Crippen LogP contribution in [-0.2, 0) is 11.2 Å². The minimum absolute atomic E-state index is 0.185. The molecule has 1 saturated heterocycles. The summed E-state index contributed by atoms with van der Waals surface area (Å²) in [4.78, 5) is 13.6. The number of benzene rings is 1. The summed E-state index contributed by atoms with van der Waals surface area (Å²) in [6.07, 6.45) is 2.27. The van der Waals surface area contributed by atoms with Gasteiger partial charge in [0.1, 0.15) is 0 Å². The Labute approximate surface area is 102 Å². The van der Waals surface area contributed by atoms with E-state index < -0.39 is 0 Å². The van der Waals surface area contributed by atoms with Gasteiger partial charge in [0.25, 0.3) is 0 Å². The summed E-state index contributed by atoms with van der Waals surface area (Å²) in [5.74, 6) is 0.586. The number of carbonyl (C=O) groups excluding carboxylic acids is 1. The van der Waals surface area contributed by atoms with Crippen LogP contribution in [0.1, 0.15) is 18.4 Å². The van der Waals surface area contributed by atoms with Crippen molar-refractivity contribution in [1.29, 1.82) is 0 Å². The fraction of sp³-hybridized carbons (Fsp3) is 0.500. The van der Waals surface area contributed by atoms with Crippen LogP contribution in [0.25, 0.3) is 0 Å². The van der Waals surface area contributed by atoms with E-state index in [2.05, 4.69) is 12.1 Å². The number of rotatable bonds is 5. The highest BCUT2D eigenvalue weighted by molar-refractivity contribution is 5.78. The predicted octanol–water partition coefficient (Wildman–Crippen LogP) is 1.46. The molecule has 2 rings (SSSR count). The maximum Gasteiger partial charge on any atom is 0.222 e. The predicted molar refractivity (Wildman–Crippen MR) is 66.5 cm³/mol. The van der Waals surface area contributed by atoms with Crippen molar-refractivity contribution in [3.8, 4) is 0 Å². The van der Waals surface area contributed by atoms with Crippen molar-refractivity contribution in [3.63, 3.8) is 0 Å². The van der Waals surface area contributed by atoms with E-state index in [0.29, 0.717) is 12.3 Å². The molecule has 3 heteroatoms. The molecule has 0 spiro atoms. The number of nitrogens with zero attached hydrogens (tertiary/aromatic N) is 1. The number of amides is 1. The second kappa shape index (κ2) is 5.82. The van der Waals surface area contributed by atoms with Crippen LogP contribution in [0.4, 0.5) is 0 Å². The molecule has 1 aliphatic heterocycles. The molecule has 1 aliphatic rings. The third-order valence-electron chi connectivity index (χ3n) is 3.35. The standard InChI is InChI=1S/C14H19NO2/c16-9-7-13-10-14(17)15(11-13)8-6-12-4-2-1-3-5-12/h1-5,13,16H,6-11H2/t13-/m1/s1. The molecule has 1 amide bonds. The number of likely N-dealkylation sites (tertiary alicyclic amines) is 1. The SMILES string of the molecule is O=C1C[C@@H](CCO)CN1CCc1ccccc1. The Morgan fingerprint density at radius 2 is 2.06 bits per heavy atom. The van der Waals surface area contributed by atoms with Gasteiger partial charge >= 0.3 is 0 Å². The van der Waals surface area contributed by atoms with Gasteiger partial charge < -0.3 is 10.0 Å². The first-order valence-corrected chi connectivity index (χ1v) is 6.22. The van der Waals surface area contributed by atoms with E-state index in [1.807, 2.05) is 23.1 Å². The molecule has 17 heavy (non-hydrogen) atoms. The fourth-order valence-corrected chi connectivity index (χ4v) is 2.35. The summed E-state index contributed by atoms with van der Waals surface area (Å²) < 4.78 is 0. The molecule has 1 heterocycles. The van der Waals surface area contributed by atoms with Crippen molar-refractivity contribution in [2.75, 3.05) is 19.7 Å². The summed E-state index contributed by atoms with van der Waals surface area (Å²) >= 11 is 0. The van der Waals surface area contributed by atoms with Crippen molar-refractivity contribution < 1.29 is 9.90 Å². The average molecular weight is 233 g/mol. The quantitative estimate of drug-likeness (QED) is 0.836. The van der Waals surface area contributed by atoms with Crippen LogP contribution in [-0.4, -0.2) is 35.6 Å². The molecule has 3 nitrogen and oxygen atoms in total. The zero-order chi connectivity index (χ0) is 12.1. The molecule has 0 unspecified atom stereocenters. The van der Waals surface area contributed by atoms with Crippen LogP contribution < -0.4 is 0 Å². The Bertz CT molecular complexity index is 364. The van der Waals surface area contributed by atoms with Gasteiger partial charge in [-0.1, -0.05) is 30.3 Å². The first-order chi connectivity index (χ1) is 8.29. The van der Waals surface area contributed by atoms with E-state index in [9.17, 15) is 4.79 Å². The molecule has 0 aliphatic carbocycles. The number of hydrogen-bond donors (Lipinski definition) is 1. The molecule has 1 aromatic carbocycles. The van der Waals surface area contributed by atoms with Crippen LogP contribution >= 0.6 is 0 Å². The Morgan fingerprint density at radius 1 is 1.29 bits per heavy atom. The van der Waals surface area contributed by atoms with E-state index in [1.165, 1.54) is 5.56 Å². The first kappa shape index (κ1) is 12.1. The number of carbonyl (C=O) groups is 1. The lowest BCUT2D eigenvalue weighted by molar-refractivity contribution is -0.127. The lowest BCUT2D eigenvalue weighted by atomic mass is 10.1. The van der Waals surface area contributed by atoms with Gasteiger partial charge in [0, 0.05) is 26.1 Å². The molecule has 1 N–H and O–H groups in total. The zero-order valence-electron chi connectivity index (χ0n) is 10.0. The molecule has 0 saturated carbocycles. The maximum atomic E-state index is 11.7. The minimum Gasteiger partial charge on any atom is -0.396 e. The Kier molecular flexibility index (Phi) is 4.15. The second-order valence-electron chi connectivity index (χ2n) is 4.66. The highest BCUT2D eigenvalue weighted by atomic mass is 16.3. The van der Waals surface area contributed by atoms with Crippen LogP contribution in [0.3, 0.4) is 0 Å². The molecule has 0 bridgehead atoms. The van der Waals surface area contributed by atoms with E-state index in [1.54, 1.807) is 0 Å². The van der Waals surface area contributed by atoms with Crippen molar-refractivity contribution in [1.82, 2.24) is 4.90 Å². The van der Waals surface area contributed by atoms with E-state index in [0.717, 1.165) is 25.9 Å². The highest BCUT2D eigenvalue weighted by Crippen LogP contribution is 2.20. The van der Waals surface area contributed by atoms with Crippen LogP contribution in [0.5, 0.6) is 0 Å². The Balaban J connectivity index is 1.82. The lowest BCUT2D eigenvalue weighted by Crippen LogP contribution is -2.27. The number of aliphatic hydroxyl groups excluding tert-OH is 1. The largest absolute Gasteiger partial charge is 0.396 e. The first-order valence-electron chi connectivity index (χ1n) is 6.22. The van der Waals surface area contributed by atoms with Crippen LogP contribution in [0.15, 0.2) is 30.3 Å². The van der Waals surface area contributed by atoms with E-state index >= 15 is 0 Å². The third-order valence-corrected chi connectivity index (χ3v) is 3.35. The fourth-order valence-electron chi connectivity index (χ4n) is 2.35. The summed E-state index contributed by atoms with van der Waals surface area (Å²) in [7, 11) is 0. The zero-order valence-corrected chi connectivity index (χ0v) is 10.0. The molecule has 0 radical (unpaired) electrons. The summed E-state index contributed by atoms with van der Waals surface area (Å²) in [5, 5.41) is 8.88. The van der Waals surface area contributed by atoms with Gasteiger partial charge in [0.05, 0.1) is 0 Å². The van der Waals surface area contributed by atoms with Gasteiger partial charge in [-0.15, -0.1) is 0 Å². The third kappa shape index (κ3) is 3.30.